The van der Waals surface area contributed by atoms with Gasteiger partial charge in [-0.1, -0.05) is 6.07 Å². The van der Waals surface area contributed by atoms with Crippen LogP contribution in [0.5, 0.6) is 5.88 Å². The first-order valence-electron chi connectivity index (χ1n) is 5.21. The lowest BCUT2D eigenvalue weighted by molar-refractivity contribution is -0.189. The summed E-state index contributed by atoms with van der Waals surface area (Å²) < 4.78 is 41.4. The Morgan fingerprint density at radius 1 is 1.29 bits per heavy atom. The number of hydrogen-bond acceptors (Lipinski definition) is 3. The van der Waals surface area contributed by atoms with E-state index in [0.29, 0.717) is 0 Å². The van der Waals surface area contributed by atoms with Gasteiger partial charge in [-0.05, 0) is 26.5 Å². The zero-order chi connectivity index (χ0) is 13.1. The number of nitrogens with zero attached hydrogens (tertiary/aromatic N) is 1. The van der Waals surface area contributed by atoms with E-state index in [1.807, 2.05) is 6.92 Å². The summed E-state index contributed by atoms with van der Waals surface area (Å²) in [5, 5.41) is 3.00. The number of rotatable bonds is 4. The average molecular weight is 248 g/mol. The van der Waals surface area contributed by atoms with E-state index in [-0.39, 0.29) is 11.9 Å². The summed E-state index contributed by atoms with van der Waals surface area (Å²) in [6.07, 6.45) is -4.74. The molecule has 0 aliphatic carbocycles. The number of alkyl halides is 3. The zero-order valence-corrected chi connectivity index (χ0v) is 9.88. The van der Waals surface area contributed by atoms with Crippen molar-refractivity contribution in [3.8, 4) is 5.88 Å². The van der Waals surface area contributed by atoms with Gasteiger partial charge < -0.3 is 10.1 Å². The van der Waals surface area contributed by atoms with Gasteiger partial charge in [0, 0.05) is 18.3 Å². The predicted molar refractivity (Wildman–Crippen MR) is 57.9 cm³/mol. The Balaban J connectivity index is 2.69. The van der Waals surface area contributed by atoms with Gasteiger partial charge in [0.25, 0.3) is 0 Å². The van der Waals surface area contributed by atoms with E-state index in [9.17, 15) is 13.2 Å². The van der Waals surface area contributed by atoms with Crippen LogP contribution in [-0.2, 0) is 0 Å². The molecular formula is C11H15F3N2O. The average Bonchev–Trinajstić information content (AvgIpc) is 2.27. The second-order valence-corrected chi connectivity index (χ2v) is 3.74. The van der Waals surface area contributed by atoms with Crippen LogP contribution < -0.4 is 10.1 Å². The van der Waals surface area contributed by atoms with Crippen molar-refractivity contribution in [2.24, 2.45) is 0 Å². The molecule has 0 bridgehead atoms. The van der Waals surface area contributed by atoms with Crippen molar-refractivity contribution in [2.45, 2.75) is 32.2 Å². The molecule has 1 aromatic rings. The molecule has 17 heavy (non-hydrogen) atoms. The van der Waals surface area contributed by atoms with Crippen molar-refractivity contribution in [1.29, 1.82) is 0 Å². The topological polar surface area (TPSA) is 34.1 Å². The summed E-state index contributed by atoms with van der Waals surface area (Å²) in [6.45, 7) is 2.88. The van der Waals surface area contributed by atoms with Crippen molar-refractivity contribution in [3.63, 3.8) is 0 Å². The molecule has 2 atom stereocenters. The molecule has 0 radical (unpaired) electrons. The maximum absolute atomic E-state index is 12.2. The monoisotopic (exact) mass is 248 g/mol. The first-order chi connectivity index (χ1) is 7.84. The fourth-order valence-corrected chi connectivity index (χ4v) is 1.13. The standard InChI is InChI=1S/C11H15F3N2O/c1-7(15-3)9-4-5-10(16-6-9)17-8(2)11(12,13)14/h4-8,15H,1-3H3. The van der Waals surface area contributed by atoms with E-state index in [1.165, 1.54) is 12.3 Å². The lowest BCUT2D eigenvalue weighted by atomic mass is 10.1. The Bertz CT molecular complexity index is 351. The van der Waals surface area contributed by atoms with Crippen molar-refractivity contribution in [2.75, 3.05) is 7.05 Å². The summed E-state index contributed by atoms with van der Waals surface area (Å²) in [5.74, 6) is -0.0260. The fourth-order valence-electron chi connectivity index (χ4n) is 1.13. The van der Waals surface area contributed by atoms with Gasteiger partial charge in [-0.15, -0.1) is 0 Å². The van der Waals surface area contributed by atoms with Crippen molar-refractivity contribution < 1.29 is 17.9 Å². The van der Waals surface area contributed by atoms with Crippen LogP contribution in [-0.4, -0.2) is 24.3 Å². The minimum Gasteiger partial charge on any atom is -0.465 e. The molecule has 0 saturated heterocycles. The second-order valence-electron chi connectivity index (χ2n) is 3.74. The van der Waals surface area contributed by atoms with Crippen LogP contribution in [0.25, 0.3) is 0 Å². The molecule has 1 rings (SSSR count). The molecule has 0 aromatic carbocycles. The maximum atomic E-state index is 12.2. The van der Waals surface area contributed by atoms with E-state index >= 15 is 0 Å². The molecule has 0 spiro atoms. The Hall–Kier alpha value is -1.30. The minimum atomic E-state index is -4.38. The summed E-state index contributed by atoms with van der Waals surface area (Å²) in [6, 6.07) is 3.22. The highest BCUT2D eigenvalue weighted by molar-refractivity contribution is 5.20. The molecule has 0 saturated carbocycles. The van der Waals surface area contributed by atoms with Crippen LogP contribution >= 0.6 is 0 Å². The molecular weight excluding hydrogens is 233 g/mol. The number of ether oxygens (including phenoxy) is 1. The highest BCUT2D eigenvalue weighted by Gasteiger charge is 2.38. The SMILES string of the molecule is CNC(C)c1ccc(OC(C)C(F)(F)F)nc1. The van der Waals surface area contributed by atoms with Crippen LogP contribution in [0.15, 0.2) is 18.3 Å². The molecule has 6 heteroatoms. The molecule has 96 valence electrons. The van der Waals surface area contributed by atoms with Gasteiger partial charge >= 0.3 is 6.18 Å². The molecule has 0 fully saturated rings. The Labute approximate surface area is 98.0 Å². The summed E-state index contributed by atoms with van der Waals surface area (Å²) in [4.78, 5) is 3.84. The third kappa shape index (κ3) is 3.89. The smallest absolute Gasteiger partial charge is 0.425 e. The van der Waals surface area contributed by atoms with Crippen LogP contribution in [0.3, 0.4) is 0 Å². The van der Waals surface area contributed by atoms with Gasteiger partial charge in [0.1, 0.15) is 0 Å². The summed E-state index contributed by atoms with van der Waals surface area (Å²) in [5.41, 5.74) is 0.888. The van der Waals surface area contributed by atoms with E-state index in [0.717, 1.165) is 12.5 Å². The predicted octanol–water partition coefficient (Wildman–Crippen LogP) is 2.69. The number of halogens is 3. The molecule has 0 amide bonds. The van der Waals surface area contributed by atoms with Crippen molar-refractivity contribution >= 4 is 0 Å². The maximum Gasteiger partial charge on any atom is 0.425 e. The van der Waals surface area contributed by atoms with E-state index in [2.05, 4.69) is 10.3 Å². The van der Waals surface area contributed by atoms with Crippen molar-refractivity contribution in [1.82, 2.24) is 10.3 Å². The zero-order valence-electron chi connectivity index (χ0n) is 9.88. The highest BCUT2D eigenvalue weighted by Crippen LogP contribution is 2.24. The molecule has 0 aliphatic heterocycles. The molecule has 3 nitrogen and oxygen atoms in total. The third-order valence-electron chi connectivity index (χ3n) is 2.45. The summed E-state index contributed by atoms with van der Waals surface area (Å²) in [7, 11) is 1.79. The van der Waals surface area contributed by atoms with E-state index in [1.54, 1.807) is 13.1 Å². The van der Waals surface area contributed by atoms with Crippen molar-refractivity contribution in [3.05, 3.63) is 23.9 Å². The quantitative estimate of drug-likeness (QED) is 0.889. The fraction of sp³-hybridized carbons (Fsp3) is 0.545. The number of hydrogen-bond donors (Lipinski definition) is 1. The number of nitrogens with one attached hydrogen (secondary N) is 1. The van der Waals surface area contributed by atoms with Crippen LogP contribution in [0, 0.1) is 0 Å². The number of aromatic nitrogens is 1. The molecule has 1 heterocycles. The van der Waals surface area contributed by atoms with Gasteiger partial charge in [-0.2, -0.15) is 13.2 Å². The first kappa shape index (κ1) is 13.8. The van der Waals surface area contributed by atoms with E-state index < -0.39 is 12.3 Å². The third-order valence-corrected chi connectivity index (χ3v) is 2.45. The van der Waals surface area contributed by atoms with Gasteiger partial charge in [0.05, 0.1) is 0 Å². The van der Waals surface area contributed by atoms with Crippen LogP contribution in [0.4, 0.5) is 13.2 Å². The largest absolute Gasteiger partial charge is 0.465 e. The Morgan fingerprint density at radius 3 is 2.35 bits per heavy atom. The van der Waals surface area contributed by atoms with Gasteiger partial charge in [0.15, 0.2) is 6.10 Å². The molecule has 1 aromatic heterocycles. The lowest BCUT2D eigenvalue weighted by Gasteiger charge is -2.17. The highest BCUT2D eigenvalue weighted by atomic mass is 19.4. The van der Waals surface area contributed by atoms with E-state index in [4.69, 9.17) is 4.74 Å². The Morgan fingerprint density at radius 2 is 1.94 bits per heavy atom. The van der Waals surface area contributed by atoms with Crippen LogP contribution in [0.1, 0.15) is 25.5 Å². The minimum absolute atomic E-state index is 0.0260. The first-order valence-corrected chi connectivity index (χ1v) is 5.21. The molecule has 0 aliphatic rings. The van der Waals surface area contributed by atoms with Crippen LogP contribution in [0.2, 0.25) is 0 Å². The number of pyridine rings is 1. The normalized spacial score (nSPS) is 15.4. The second kappa shape index (κ2) is 5.35. The van der Waals surface area contributed by atoms with Gasteiger partial charge in [0.2, 0.25) is 5.88 Å². The molecule has 2 unspecified atom stereocenters. The lowest BCUT2D eigenvalue weighted by Crippen LogP contribution is -2.31. The Kier molecular flexibility index (Phi) is 4.34. The van der Waals surface area contributed by atoms with Gasteiger partial charge in [-0.25, -0.2) is 4.98 Å². The summed E-state index contributed by atoms with van der Waals surface area (Å²) >= 11 is 0. The molecule has 1 N–H and O–H groups in total. The van der Waals surface area contributed by atoms with Gasteiger partial charge in [-0.3, -0.25) is 0 Å².